The first-order chi connectivity index (χ1) is 11.5. The molecule has 128 valence electrons. The number of carbonyl (C=O) groups excluding carboxylic acids is 2. The summed E-state index contributed by atoms with van der Waals surface area (Å²) in [6.45, 7) is 3.68. The van der Waals surface area contributed by atoms with Crippen molar-refractivity contribution in [2.75, 3.05) is 17.7 Å². The summed E-state index contributed by atoms with van der Waals surface area (Å²) in [5.74, 6) is 0.821. The maximum Gasteiger partial charge on any atom is 0.248 e. The second-order valence-corrected chi connectivity index (χ2v) is 5.46. The number of anilines is 2. The van der Waals surface area contributed by atoms with E-state index in [9.17, 15) is 9.59 Å². The molecule has 0 bridgehead atoms. The highest BCUT2D eigenvalue weighted by Gasteiger charge is 2.17. The molecule has 0 saturated heterocycles. The lowest BCUT2D eigenvalue weighted by molar-refractivity contribution is -0.120. The molecule has 1 aromatic carbocycles. The predicted octanol–water partition coefficient (Wildman–Crippen LogP) is 2.10. The van der Waals surface area contributed by atoms with Gasteiger partial charge in [-0.15, -0.1) is 0 Å². The summed E-state index contributed by atoms with van der Waals surface area (Å²) in [7, 11) is 1.61. The zero-order chi connectivity index (χ0) is 17.5. The molecular weight excluding hydrogens is 308 g/mol. The topological polar surface area (TPSA) is 96.3 Å². The van der Waals surface area contributed by atoms with Crippen LogP contribution in [-0.4, -0.2) is 30.1 Å². The van der Waals surface area contributed by atoms with Crippen molar-refractivity contribution >= 4 is 23.3 Å². The van der Waals surface area contributed by atoms with Crippen LogP contribution in [-0.2, 0) is 16.0 Å². The highest BCUT2D eigenvalue weighted by molar-refractivity contribution is 5.95. The lowest BCUT2D eigenvalue weighted by Gasteiger charge is -2.17. The summed E-state index contributed by atoms with van der Waals surface area (Å²) < 4.78 is 4.93. The van der Waals surface area contributed by atoms with Gasteiger partial charge in [-0.25, -0.2) is 0 Å². The lowest BCUT2D eigenvalue weighted by Crippen LogP contribution is -2.34. The molecule has 0 saturated carbocycles. The molecule has 0 aliphatic rings. The number of aromatic nitrogens is 1. The molecule has 0 aliphatic heterocycles. The molecule has 1 atom stereocenters. The predicted molar refractivity (Wildman–Crippen MR) is 91.8 cm³/mol. The Hall–Kier alpha value is -2.83. The monoisotopic (exact) mass is 330 g/mol. The number of hydrogen-bond acceptors (Lipinski definition) is 5. The first kappa shape index (κ1) is 17.5. The third-order valence-corrected chi connectivity index (χ3v) is 3.54. The van der Waals surface area contributed by atoms with E-state index in [0.29, 0.717) is 24.4 Å². The fourth-order valence-corrected chi connectivity index (χ4v) is 2.19. The Morgan fingerprint density at radius 2 is 1.96 bits per heavy atom. The van der Waals surface area contributed by atoms with E-state index in [2.05, 4.69) is 21.1 Å². The van der Waals surface area contributed by atoms with E-state index in [1.807, 2.05) is 31.2 Å². The summed E-state index contributed by atoms with van der Waals surface area (Å²) in [5.41, 5.74) is 1.73. The molecule has 0 fully saturated rings. The minimum Gasteiger partial charge on any atom is -0.374 e. The number of carbonyl (C=O) groups is 2. The summed E-state index contributed by atoms with van der Waals surface area (Å²) in [6, 6.07) is 8.71. The fourth-order valence-electron chi connectivity index (χ4n) is 2.19. The summed E-state index contributed by atoms with van der Waals surface area (Å²) >= 11 is 0. The highest BCUT2D eigenvalue weighted by Crippen LogP contribution is 2.14. The fraction of sp³-hybridized carbons (Fsp3) is 0.353. The second kappa shape index (κ2) is 8.14. The van der Waals surface area contributed by atoms with Gasteiger partial charge in [0, 0.05) is 18.8 Å². The van der Waals surface area contributed by atoms with Crippen LogP contribution in [0.5, 0.6) is 0 Å². The molecule has 0 unspecified atom stereocenters. The summed E-state index contributed by atoms with van der Waals surface area (Å²) in [5, 5.41) is 12.2. The minimum atomic E-state index is -0.396. The molecule has 2 rings (SSSR count). The third-order valence-electron chi connectivity index (χ3n) is 3.54. The smallest absolute Gasteiger partial charge is 0.248 e. The normalized spacial score (nSPS) is 11.6. The lowest BCUT2D eigenvalue weighted by atomic mass is 10.1. The van der Waals surface area contributed by atoms with E-state index in [1.165, 1.54) is 0 Å². The number of nitrogens with one attached hydrogen (secondary N) is 3. The molecule has 3 N–H and O–H groups in total. The largest absolute Gasteiger partial charge is 0.374 e. The SMILES string of the molecule is CC[C@H](Nc1ccc(CC(=O)NC)cc1)C(=O)Nc1cc(C)on1. The van der Waals surface area contributed by atoms with Crippen molar-refractivity contribution in [2.24, 2.45) is 0 Å². The molecule has 7 nitrogen and oxygen atoms in total. The van der Waals surface area contributed by atoms with Crippen LogP contribution in [0, 0.1) is 6.92 Å². The van der Waals surface area contributed by atoms with Crippen LogP contribution in [0.15, 0.2) is 34.9 Å². The number of nitrogens with zero attached hydrogens (tertiary/aromatic N) is 1. The van der Waals surface area contributed by atoms with Crippen LogP contribution in [0.1, 0.15) is 24.7 Å². The van der Waals surface area contributed by atoms with Gasteiger partial charge in [0.15, 0.2) is 5.82 Å². The van der Waals surface area contributed by atoms with Crippen molar-refractivity contribution in [3.63, 3.8) is 0 Å². The number of benzene rings is 1. The van der Waals surface area contributed by atoms with E-state index >= 15 is 0 Å². The van der Waals surface area contributed by atoms with Crippen LogP contribution in [0.2, 0.25) is 0 Å². The second-order valence-electron chi connectivity index (χ2n) is 5.46. The molecular formula is C17H22N4O3. The highest BCUT2D eigenvalue weighted by atomic mass is 16.5. The minimum absolute atomic E-state index is 0.0376. The van der Waals surface area contributed by atoms with Crippen molar-refractivity contribution in [2.45, 2.75) is 32.7 Å². The van der Waals surface area contributed by atoms with Gasteiger partial charge in [0.1, 0.15) is 11.8 Å². The molecule has 1 aromatic heterocycles. The maximum absolute atomic E-state index is 12.3. The van der Waals surface area contributed by atoms with Crippen molar-refractivity contribution in [1.82, 2.24) is 10.5 Å². The number of likely N-dealkylation sites (N-methyl/N-ethyl adjacent to an activating group) is 1. The molecule has 0 radical (unpaired) electrons. The Morgan fingerprint density at radius 3 is 2.50 bits per heavy atom. The van der Waals surface area contributed by atoms with Gasteiger partial charge in [0.25, 0.3) is 0 Å². The molecule has 7 heteroatoms. The standard InChI is InChI=1S/C17H22N4O3/c1-4-14(17(23)20-15-9-11(2)24-21-15)19-13-7-5-12(6-8-13)10-16(22)18-3/h5-9,14,19H,4,10H2,1-3H3,(H,18,22)(H,20,21,23)/t14-/m0/s1. The van der Waals surface area contributed by atoms with E-state index < -0.39 is 6.04 Å². The van der Waals surface area contributed by atoms with Gasteiger partial charge >= 0.3 is 0 Å². The van der Waals surface area contributed by atoms with Gasteiger partial charge in [0.2, 0.25) is 11.8 Å². The Balaban J connectivity index is 1.96. The summed E-state index contributed by atoms with van der Waals surface area (Å²) in [6.07, 6.45) is 0.947. The van der Waals surface area contributed by atoms with E-state index in [-0.39, 0.29) is 11.8 Å². The van der Waals surface area contributed by atoms with Crippen molar-refractivity contribution < 1.29 is 14.1 Å². The molecule has 0 aliphatic carbocycles. The maximum atomic E-state index is 12.3. The van der Waals surface area contributed by atoms with Crippen molar-refractivity contribution in [3.8, 4) is 0 Å². The Labute approximate surface area is 140 Å². The quantitative estimate of drug-likeness (QED) is 0.722. The van der Waals surface area contributed by atoms with Crippen molar-refractivity contribution in [1.29, 1.82) is 0 Å². The third kappa shape index (κ3) is 4.84. The first-order valence-electron chi connectivity index (χ1n) is 7.82. The van der Waals surface area contributed by atoms with E-state index in [1.54, 1.807) is 20.0 Å². The molecule has 2 aromatic rings. The number of hydrogen-bond donors (Lipinski definition) is 3. The zero-order valence-electron chi connectivity index (χ0n) is 14.1. The first-order valence-corrected chi connectivity index (χ1v) is 7.82. The molecule has 0 spiro atoms. The van der Waals surface area contributed by atoms with Crippen LogP contribution >= 0.6 is 0 Å². The average Bonchev–Trinajstić information content (AvgIpc) is 2.98. The van der Waals surface area contributed by atoms with E-state index in [0.717, 1.165) is 11.3 Å². The Morgan fingerprint density at radius 1 is 1.25 bits per heavy atom. The molecule has 1 heterocycles. The molecule has 2 amide bonds. The zero-order valence-corrected chi connectivity index (χ0v) is 14.1. The number of rotatable bonds is 7. The number of amides is 2. The Bertz CT molecular complexity index is 694. The average molecular weight is 330 g/mol. The van der Waals surface area contributed by atoms with Gasteiger partial charge in [-0.2, -0.15) is 0 Å². The van der Waals surface area contributed by atoms with Crippen LogP contribution in [0.4, 0.5) is 11.5 Å². The van der Waals surface area contributed by atoms with Crippen LogP contribution in [0.3, 0.4) is 0 Å². The Kier molecular flexibility index (Phi) is 5.95. The van der Waals surface area contributed by atoms with Crippen LogP contribution < -0.4 is 16.0 Å². The van der Waals surface area contributed by atoms with Gasteiger partial charge in [-0.3, -0.25) is 9.59 Å². The van der Waals surface area contributed by atoms with Gasteiger partial charge in [-0.05, 0) is 31.0 Å². The van der Waals surface area contributed by atoms with Crippen molar-refractivity contribution in [3.05, 3.63) is 41.7 Å². The van der Waals surface area contributed by atoms with Gasteiger partial charge < -0.3 is 20.5 Å². The van der Waals surface area contributed by atoms with E-state index in [4.69, 9.17) is 4.52 Å². The van der Waals surface area contributed by atoms with Gasteiger partial charge in [-0.1, -0.05) is 24.2 Å². The van der Waals surface area contributed by atoms with Gasteiger partial charge in [0.05, 0.1) is 6.42 Å². The number of aryl methyl sites for hydroxylation is 1. The molecule has 24 heavy (non-hydrogen) atoms. The van der Waals surface area contributed by atoms with Crippen LogP contribution in [0.25, 0.3) is 0 Å². The summed E-state index contributed by atoms with van der Waals surface area (Å²) in [4.78, 5) is 23.7.